The van der Waals surface area contributed by atoms with Crippen molar-refractivity contribution >= 4 is 11.8 Å². The number of hydrogen-bond acceptors (Lipinski definition) is 5. The minimum Gasteiger partial charge on any atom is -0.481 e. The van der Waals surface area contributed by atoms with Crippen LogP contribution in [-0.4, -0.2) is 25.8 Å². The van der Waals surface area contributed by atoms with Crippen LogP contribution in [0, 0.1) is 11.3 Å². The Morgan fingerprint density at radius 1 is 1.41 bits per heavy atom. The molecular formula is C15H17N5O2. The molecule has 2 aromatic heterocycles. The maximum Gasteiger partial charge on any atom is 0.310 e. The van der Waals surface area contributed by atoms with E-state index in [1.807, 2.05) is 13.8 Å². The van der Waals surface area contributed by atoms with Crippen LogP contribution in [0.3, 0.4) is 0 Å². The summed E-state index contributed by atoms with van der Waals surface area (Å²) in [6.07, 6.45) is 1.49. The molecule has 2 aromatic rings. The van der Waals surface area contributed by atoms with Crippen molar-refractivity contribution in [2.24, 2.45) is 0 Å². The number of rotatable bonds is 4. The molecule has 0 aliphatic rings. The normalized spacial score (nSPS) is 12.1. The summed E-state index contributed by atoms with van der Waals surface area (Å²) in [6.45, 7) is 5.42. The van der Waals surface area contributed by atoms with Crippen LogP contribution in [0.1, 0.15) is 43.9 Å². The van der Waals surface area contributed by atoms with Crippen LogP contribution in [-0.2, 0) is 4.79 Å². The molecule has 0 saturated heterocycles. The first-order valence-electron chi connectivity index (χ1n) is 6.84. The average molecular weight is 299 g/mol. The third-order valence-electron chi connectivity index (χ3n) is 3.45. The van der Waals surface area contributed by atoms with Gasteiger partial charge in [-0.25, -0.2) is 4.68 Å². The first kappa shape index (κ1) is 15.5. The second kappa shape index (κ2) is 5.85. The minimum absolute atomic E-state index is 0.0205. The van der Waals surface area contributed by atoms with Gasteiger partial charge in [-0.05, 0) is 32.4 Å². The van der Waals surface area contributed by atoms with Gasteiger partial charge >= 0.3 is 5.97 Å². The van der Waals surface area contributed by atoms with Crippen LogP contribution in [0.2, 0.25) is 0 Å². The van der Waals surface area contributed by atoms with Gasteiger partial charge in [0.1, 0.15) is 23.1 Å². The molecule has 1 atom stereocenters. The number of nitrogens with zero attached hydrogens (tertiary/aromatic N) is 4. The summed E-state index contributed by atoms with van der Waals surface area (Å²) in [7, 11) is 0. The van der Waals surface area contributed by atoms with Crippen molar-refractivity contribution in [2.45, 2.75) is 32.7 Å². The molecule has 7 nitrogen and oxygen atoms in total. The summed E-state index contributed by atoms with van der Waals surface area (Å²) in [6, 6.07) is 5.40. The predicted octanol–water partition coefficient (Wildman–Crippen LogP) is 2.17. The quantitative estimate of drug-likeness (QED) is 0.893. The fourth-order valence-corrected chi connectivity index (χ4v) is 2.07. The van der Waals surface area contributed by atoms with E-state index in [9.17, 15) is 10.1 Å². The molecule has 114 valence electrons. The smallest absolute Gasteiger partial charge is 0.310 e. The predicted molar refractivity (Wildman–Crippen MR) is 81.0 cm³/mol. The Kier molecular flexibility index (Phi) is 4.13. The fourth-order valence-electron chi connectivity index (χ4n) is 2.07. The highest BCUT2D eigenvalue weighted by atomic mass is 16.4. The van der Waals surface area contributed by atoms with Gasteiger partial charge in [-0.3, -0.25) is 9.78 Å². The van der Waals surface area contributed by atoms with Gasteiger partial charge in [-0.1, -0.05) is 6.07 Å². The van der Waals surface area contributed by atoms with E-state index in [0.29, 0.717) is 22.8 Å². The van der Waals surface area contributed by atoms with E-state index >= 15 is 0 Å². The van der Waals surface area contributed by atoms with E-state index in [1.54, 1.807) is 23.7 Å². The molecule has 0 aromatic carbocycles. The van der Waals surface area contributed by atoms with Gasteiger partial charge in [0, 0.05) is 12.2 Å². The molecule has 0 spiro atoms. The first-order valence-corrected chi connectivity index (χ1v) is 6.84. The molecular weight excluding hydrogens is 282 g/mol. The van der Waals surface area contributed by atoms with Gasteiger partial charge in [0.25, 0.3) is 0 Å². The Hall–Kier alpha value is -2.88. The van der Waals surface area contributed by atoms with Crippen LogP contribution in [0.15, 0.2) is 18.3 Å². The number of carboxylic acid groups (broad SMARTS) is 1. The molecule has 7 heteroatoms. The van der Waals surface area contributed by atoms with Gasteiger partial charge in [0.05, 0.1) is 11.6 Å². The van der Waals surface area contributed by atoms with Gasteiger partial charge in [0.2, 0.25) is 0 Å². The first-order chi connectivity index (χ1) is 10.4. The summed E-state index contributed by atoms with van der Waals surface area (Å²) in [5.74, 6) is -1.26. The lowest BCUT2D eigenvalue weighted by Gasteiger charge is -2.07. The van der Waals surface area contributed by atoms with Gasteiger partial charge < -0.3 is 10.8 Å². The Morgan fingerprint density at radius 3 is 2.55 bits per heavy atom. The molecule has 2 heterocycles. The lowest BCUT2D eigenvalue weighted by Crippen LogP contribution is -2.08. The van der Waals surface area contributed by atoms with Crippen molar-refractivity contribution in [3.63, 3.8) is 0 Å². The maximum absolute atomic E-state index is 11.0. The number of nitrogen functional groups attached to an aromatic ring is 1. The van der Waals surface area contributed by atoms with E-state index in [4.69, 9.17) is 10.8 Å². The van der Waals surface area contributed by atoms with Crippen molar-refractivity contribution in [2.75, 3.05) is 5.73 Å². The number of carboxylic acids is 1. The molecule has 0 radical (unpaired) electrons. The van der Waals surface area contributed by atoms with Crippen LogP contribution in [0.25, 0.3) is 11.4 Å². The highest BCUT2D eigenvalue weighted by Gasteiger charge is 2.20. The summed E-state index contributed by atoms with van der Waals surface area (Å²) >= 11 is 0. The summed E-state index contributed by atoms with van der Waals surface area (Å²) < 4.78 is 1.57. The summed E-state index contributed by atoms with van der Waals surface area (Å²) in [5, 5.41) is 22.6. The molecule has 0 aliphatic carbocycles. The number of nitrogens with two attached hydrogens (primary N) is 1. The van der Waals surface area contributed by atoms with E-state index in [0.717, 1.165) is 0 Å². The maximum atomic E-state index is 11.0. The SMILES string of the molecule is CC(C(=O)O)c1ccc(-c2nn(C(C)C)c(N)c2C#N)nc1. The van der Waals surface area contributed by atoms with Crippen LogP contribution in [0.5, 0.6) is 0 Å². The molecule has 0 saturated carbocycles. The van der Waals surface area contributed by atoms with Gasteiger partial charge in [-0.15, -0.1) is 0 Å². The second-order valence-electron chi connectivity index (χ2n) is 5.30. The third-order valence-corrected chi connectivity index (χ3v) is 3.45. The molecule has 0 bridgehead atoms. The zero-order chi connectivity index (χ0) is 16.4. The number of aromatic nitrogens is 3. The molecule has 2 rings (SSSR count). The van der Waals surface area contributed by atoms with Crippen LogP contribution >= 0.6 is 0 Å². The van der Waals surface area contributed by atoms with E-state index in [2.05, 4.69) is 16.2 Å². The average Bonchev–Trinajstić information content (AvgIpc) is 2.83. The number of anilines is 1. The topological polar surface area (TPSA) is 118 Å². The zero-order valence-electron chi connectivity index (χ0n) is 12.6. The molecule has 3 N–H and O–H groups in total. The minimum atomic E-state index is -0.916. The largest absolute Gasteiger partial charge is 0.481 e. The molecule has 22 heavy (non-hydrogen) atoms. The third kappa shape index (κ3) is 2.63. The Morgan fingerprint density at radius 2 is 2.09 bits per heavy atom. The standard InChI is InChI=1S/C15H17N5O2/c1-8(2)20-14(17)11(6-16)13(19-20)12-5-4-10(7-18-12)9(3)15(21)22/h4-5,7-9H,17H2,1-3H3,(H,21,22). The highest BCUT2D eigenvalue weighted by Crippen LogP contribution is 2.28. The van der Waals surface area contributed by atoms with E-state index in [1.165, 1.54) is 6.20 Å². The van der Waals surface area contributed by atoms with Crippen molar-refractivity contribution in [1.29, 1.82) is 5.26 Å². The number of carbonyl (C=O) groups is 1. The monoisotopic (exact) mass is 299 g/mol. The zero-order valence-corrected chi connectivity index (χ0v) is 12.6. The lowest BCUT2D eigenvalue weighted by atomic mass is 10.0. The Bertz CT molecular complexity index is 741. The number of pyridine rings is 1. The van der Waals surface area contributed by atoms with Crippen LogP contribution in [0.4, 0.5) is 5.82 Å². The van der Waals surface area contributed by atoms with Gasteiger partial charge in [0.15, 0.2) is 0 Å². The van der Waals surface area contributed by atoms with Gasteiger partial charge in [-0.2, -0.15) is 10.4 Å². The van der Waals surface area contributed by atoms with Crippen molar-refractivity contribution in [1.82, 2.24) is 14.8 Å². The highest BCUT2D eigenvalue weighted by molar-refractivity contribution is 5.76. The molecule has 0 fully saturated rings. The van der Waals surface area contributed by atoms with Crippen molar-refractivity contribution < 1.29 is 9.90 Å². The number of aliphatic carboxylic acids is 1. The number of hydrogen-bond donors (Lipinski definition) is 2. The lowest BCUT2D eigenvalue weighted by molar-refractivity contribution is -0.138. The number of nitriles is 1. The Labute approximate surface area is 128 Å². The van der Waals surface area contributed by atoms with Crippen molar-refractivity contribution in [3.05, 3.63) is 29.5 Å². The summed E-state index contributed by atoms with van der Waals surface area (Å²) in [4.78, 5) is 15.2. The second-order valence-corrected chi connectivity index (χ2v) is 5.30. The van der Waals surface area contributed by atoms with E-state index < -0.39 is 11.9 Å². The van der Waals surface area contributed by atoms with Crippen LogP contribution < -0.4 is 5.73 Å². The molecule has 1 unspecified atom stereocenters. The van der Waals surface area contributed by atoms with E-state index in [-0.39, 0.29) is 11.6 Å². The Balaban J connectivity index is 2.47. The van der Waals surface area contributed by atoms with Crippen molar-refractivity contribution in [3.8, 4) is 17.5 Å². The molecule has 0 amide bonds. The summed E-state index contributed by atoms with van der Waals surface area (Å²) in [5.41, 5.74) is 7.71. The molecule has 0 aliphatic heterocycles. The fraction of sp³-hybridized carbons (Fsp3) is 0.333.